The second-order valence-corrected chi connectivity index (χ2v) is 9.62. The van der Waals surface area contributed by atoms with E-state index in [1.54, 1.807) is 49.4 Å². The molecule has 1 N–H and O–H groups in total. The first-order valence-corrected chi connectivity index (χ1v) is 12.6. The maximum atomic E-state index is 13.5. The van der Waals surface area contributed by atoms with Crippen molar-refractivity contribution < 1.29 is 37.0 Å². The Kier molecular flexibility index (Phi) is 9.28. The molecular formula is C26H27N3O8S. The fraction of sp³-hybridized carbons (Fsp3) is 0.192. The average Bonchev–Trinajstić information content (AvgIpc) is 2.92. The Labute approximate surface area is 220 Å². The van der Waals surface area contributed by atoms with Gasteiger partial charge < -0.3 is 18.9 Å². The number of benzene rings is 3. The number of hydrogen-bond donors (Lipinski definition) is 1. The first kappa shape index (κ1) is 28.0. The second kappa shape index (κ2) is 12.6. The third kappa shape index (κ3) is 6.79. The van der Waals surface area contributed by atoms with E-state index in [1.165, 1.54) is 51.8 Å². The third-order valence-electron chi connectivity index (χ3n) is 5.17. The van der Waals surface area contributed by atoms with E-state index in [9.17, 15) is 18.0 Å². The quantitative estimate of drug-likeness (QED) is 0.178. The minimum Gasteiger partial charge on any atom is -0.495 e. The summed E-state index contributed by atoms with van der Waals surface area (Å²) in [7, 11) is -0.138. The van der Waals surface area contributed by atoms with Crippen LogP contribution in [-0.4, -0.2) is 54.6 Å². The van der Waals surface area contributed by atoms with E-state index in [1.807, 2.05) is 0 Å². The molecule has 12 heteroatoms. The Morgan fingerprint density at radius 1 is 0.921 bits per heavy atom. The van der Waals surface area contributed by atoms with Gasteiger partial charge in [0, 0.05) is 0 Å². The van der Waals surface area contributed by atoms with Crippen LogP contribution in [0.1, 0.15) is 11.1 Å². The first-order chi connectivity index (χ1) is 18.2. The number of hydrazone groups is 1. The summed E-state index contributed by atoms with van der Waals surface area (Å²) in [6.45, 7) is 1.24. The van der Waals surface area contributed by atoms with Crippen LogP contribution in [0.4, 0.5) is 10.5 Å². The molecule has 0 unspecified atom stereocenters. The van der Waals surface area contributed by atoms with Crippen molar-refractivity contribution >= 4 is 34.0 Å². The molecule has 3 aromatic rings. The number of sulfonamides is 1. The lowest BCUT2D eigenvalue weighted by atomic mass is 10.2. The molecule has 0 saturated carbocycles. The summed E-state index contributed by atoms with van der Waals surface area (Å²) in [6.07, 6.45) is 0.420. The number of aryl methyl sites for hydroxylation is 1. The molecule has 0 radical (unpaired) electrons. The molecule has 0 bridgehead atoms. The van der Waals surface area contributed by atoms with Crippen LogP contribution in [-0.2, 0) is 19.6 Å². The van der Waals surface area contributed by atoms with Crippen LogP contribution in [0.3, 0.4) is 0 Å². The number of anilines is 1. The molecule has 11 nitrogen and oxygen atoms in total. The van der Waals surface area contributed by atoms with Gasteiger partial charge in [-0.1, -0.05) is 24.3 Å². The van der Waals surface area contributed by atoms with E-state index in [0.717, 1.165) is 9.87 Å². The molecule has 3 rings (SSSR count). The van der Waals surface area contributed by atoms with Crippen molar-refractivity contribution in [3.05, 3.63) is 77.9 Å². The normalized spacial score (nSPS) is 11.1. The number of amides is 1. The number of hydrogen-bond acceptors (Lipinski definition) is 9. The molecular weight excluding hydrogens is 514 g/mol. The van der Waals surface area contributed by atoms with E-state index in [-0.39, 0.29) is 27.8 Å². The van der Waals surface area contributed by atoms with Crippen molar-refractivity contribution in [3.63, 3.8) is 0 Å². The van der Waals surface area contributed by atoms with Crippen LogP contribution in [0, 0.1) is 6.92 Å². The van der Waals surface area contributed by atoms with Crippen molar-refractivity contribution in [1.29, 1.82) is 0 Å². The van der Waals surface area contributed by atoms with Crippen LogP contribution in [0.25, 0.3) is 0 Å². The monoisotopic (exact) mass is 541 g/mol. The van der Waals surface area contributed by atoms with Crippen molar-refractivity contribution in [2.45, 2.75) is 11.8 Å². The van der Waals surface area contributed by atoms with E-state index in [4.69, 9.17) is 14.2 Å². The minimum atomic E-state index is -4.13. The van der Waals surface area contributed by atoms with Crippen molar-refractivity contribution in [1.82, 2.24) is 5.43 Å². The summed E-state index contributed by atoms with van der Waals surface area (Å²) in [5.41, 5.74) is 3.83. The van der Waals surface area contributed by atoms with Crippen LogP contribution in [0.2, 0.25) is 0 Å². The lowest BCUT2D eigenvalue weighted by Gasteiger charge is -2.25. The summed E-state index contributed by atoms with van der Waals surface area (Å²) < 4.78 is 48.1. The fourth-order valence-electron chi connectivity index (χ4n) is 3.34. The molecule has 0 aliphatic rings. The van der Waals surface area contributed by atoms with Gasteiger partial charge in [0.1, 0.15) is 12.3 Å². The second-order valence-electron chi connectivity index (χ2n) is 7.76. The molecule has 0 aliphatic carbocycles. The Balaban J connectivity index is 1.84. The molecule has 1 amide bonds. The number of rotatable bonds is 10. The largest absolute Gasteiger partial charge is 0.513 e. The Hall–Kier alpha value is -4.58. The van der Waals surface area contributed by atoms with Crippen molar-refractivity contribution in [2.75, 3.05) is 32.2 Å². The smallest absolute Gasteiger partial charge is 0.495 e. The van der Waals surface area contributed by atoms with Crippen molar-refractivity contribution in [2.24, 2.45) is 5.10 Å². The summed E-state index contributed by atoms with van der Waals surface area (Å²) >= 11 is 0. The zero-order valence-electron chi connectivity index (χ0n) is 21.2. The molecule has 0 saturated heterocycles. The zero-order valence-corrected chi connectivity index (χ0v) is 22.0. The van der Waals surface area contributed by atoms with Gasteiger partial charge in [0.05, 0.1) is 38.1 Å². The van der Waals surface area contributed by atoms with Gasteiger partial charge in [-0.2, -0.15) is 5.10 Å². The lowest BCUT2D eigenvalue weighted by Crippen LogP contribution is -2.39. The lowest BCUT2D eigenvalue weighted by molar-refractivity contribution is -0.119. The molecule has 0 aliphatic heterocycles. The summed E-state index contributed by atoms with van der Waals surface area (Å²) in [5.74, 6) is -0.0403. The Bertz CT molecular complexity index is 1430. The van der Waals surface area contributed by atoms with E-state index in [2.05, 4.69) is 15.3 Å². The van der Waals surface area contributed by atoms with Crippen LogP contribution >= 0.6 is 0 Å². The van der Waals surface area contributed by atoms with Gasteiger partial charge in [0.25, 0.3) is 15.9 Å². The molecule has 3 aromatic carbocycles. The third-order valence-corrected chi connectivity index (χ3v) is 6.95. The maximum Gasteiger partial charge on any atom is 0.513 e. The zero-order chi connectivity index (χ0) is 27.7. The molecule has 0 heterocycles. The average molecular weight is 542 g/mol. The standard InChI is InChI=1S/C26H27N3O8S/c1-18-10-12-22(34-2)21(14-18)29(38(32,33)20-8-6-5-7-9-20)17-25(30)28-27-16-19-11-13-23(24(15-19)35-3)37-26(31)36-4/h5-16H,17H2,1-4H3,(H,28,30)/b27-16-. The number of nitrogens with one attached hydrogen (secondary N) is 1. The molecule has 0 atom stereocenters. The number of carbonyl (C=O) groups excluding carboxylic acids is 2. The van der Waals surface area contributed by atoms with Gasteiger partial charge in [-0.15, -0.1) is 0 Å². The topological polar surface area (TPSA) is 133 Å². The Morgan fingerprint density at radius 2 is 1.61 bits per heavy atom. The van der Waals surface area contributed by atoms with Gasteiger partial charge in [-0.3, -0.25) is 9.10 Å². The van der Waals surface area contributed by atoms with Gasteiger partial charge in [-0.05, 0) is 60.5 Å². The van der Waals surface area contributed by atoms with Crippen molar-refractivity contribution in [3.8, 4) is 17.2 Å². The van der Waals surface area contributed by atoms with E-state index < -0.39 is 28.6 Å². The van der Waals surface area contributed by atoms with Crippen LogP contribution in [0.5, 0.6) is 17.2 Å². The summed E-state index contributed by atoms with van der Waals surface area (Å²) in [4.78, 5) is 24.2. The predicted octanol–water partition coefficient (Wildman–Crippen LogP) is 3.50. The predicted molar refractivity (Wildman–Crippen MR) is 140 cm³/mol. The highest BCUT2D eigenvalue weighted by Crippen LogP contribution is 2.33. The van der Waals surface area contributed by atoms with Gasteiger partial charge in [-0.25, -0.2) is 18.6 Å². The molecule has 0 aromatic heterocycles. The van der Waals surface area contributed by atoms with E-state index in [0.29, 0.717) is 5.56 Å². The molecule has 0 spiro atoms. The van der Waals surface area contributed by atoms with Crippen LogP contribution < -0.4 is 23.9 Å². The number of methoxy groups -OCH3 is 3. The van der Waals surface area contributed by atoms with Gasteiger partial charge in [0.15, 0.2) is 11.5 Å². The van der Waals surface area contributed by atoms with Gasteiger partial charge >= 0.3 is 6.16 Å². The summed E-state index contributed by atoms with van der Waals surface area (Å²) in [5, 5.41) is 3.92. The fourth-order valence-corrected chi connectivity index (χ4v) is 4.78. The maximum absolute atomic E-state index is 13.5. The number of carbonyl (C=O) groups is 2. The highest BCUT2D eigenvalue weighted by molar-refractivity contribution is 7.92. The summed E-state index contributed by atoms with van der Waals surface area (Å²) in [6, 6.07) is 17.4. The number of ether oxygens (including phenoxy) is 4. The molecule has 200 valence electrons. The molecule has 38 heavy (non-hydrogen) atoms. The van der Waals surface area contributed by atoms with Crippen LogP contribution in [0.15, 0.2) is 76.7 Å². The minimum absolute atomic E-state index is 0.0150. The van der Waals surface area contributed by atoms with Gasteiger partial charge in [0.2, 0.25) is 0 Å². The Morgan fingerprint density at radius 3 is 2.26 bits per heavy atom. The number of nitrogens with zero attached hydrogens (tertiary/aromatic N) is 2. The SMILES string of the molecule is COC(=O)Oc1ccc(/C=N\NC(=O)CN(c2cc(C)ccc2OC)S(=O)(=O)c2ccccc2)cc1OC. The first-order valence-electron chi connectivity index (χ1n) is 11.2. The highest BCUT2D eigenvalue weighted by Gasteiger charge is 2.29. The van der Waals surface area contributed by atoms with E-state index >= 15 is 0 Å². The highest BCUT2D eigenvalue weighted by atomic mass is 32.2. The molecule has 0 fully saturated rings.